The van der Waals surface area contributed by atoms with E-state index in [4.69, 9.17) is 10.5 Å². The molecule has 8 nitrogen and oxygen atoms in total. The molecule has 0 aromatic carbocycles. The predicted molar refractivity (Wildman–Crippen MR) is 74.2 cm³/mol. The van der Waals surface area contributed by atoms with Crippen LogP contribution in [0.15, 0.2) is 6.33 Å². The van der Waals surface area contributed by atoms with E-state index in [1.807, 2.05) is 0 Å². The van der Waals surface area contributed by atoms with E-state index in [9.17, 15) is 10.2 Å². The number of nitrogen functional groups attached to an aromatic ring is 1. The lowest BCUT2D eigenvalue weighted by Gasteiger charge is -2.16. The summed E-state index contributed by atoms with van der Waals surface area (Å²) in [5.41, 5.74) is 6.70. The number of aliphatic hydroxyl groups excluding tert-OH is 2. The van der Waals surface area contributed by atoms with Crippen molar-refractivity contribution in [3.63, 3.8) is 0 Å². The number of hydrogen-bond donors (Lipinski definition) is 4. The highest BCUT2D eigenvalue weighted by atomic mass is 32.1. The monoisotopic (exact) mass is 297 g/mol. The molecule has 2 aromatic heterocycles. The second-order valence-electron chi connectivity index (χ2n) is 4.71. The summed E-state index contributed by atoms with van der Waals surface area (Å²) in [6, 6.07) is 0. The molecule has 0 spiro atoms. The Kier molecular flexibility index (Phi) is 3.28. The number of anilines is 1. The van der Waals surface area contributed by atoms with Gasteiger partial charge in [0.05, 0.1) is 12.4 Å². The standard InChI is InChI=1S/C11H15N5O3S/c1-4-14-9(12)6-10(15-4)16(3-13-6)11-8(18)7(17)5(2-20)19-11/h3,5,7-8,11,17-18,20H,2H2,1H3,(H2,12,14,15)/t5-,7-,8-,11-/m1/s1. The number of imidazole rings is 1. The van der Waals surface area contributed by atoms with Crippen molar-refractivity contribution in [3.05, 3.63) is 12.2 Å². The molecule has 1 aliphatic heterocycles. The molecule has 108 valence electrons. The summed E-state index contributed by atoms with van der Waals surface area (Å²) in [5, 5.41) is 20.0. The quantitative estimate of drug-likeness (QED) is 0.539. The Morgan fingerprint density at radius 1 is 1.40 bits per heavy atom. The van der Waals surface area contributed by atoms with Crippen LogP contribution >= 0.6 is 12.6 Å². The molecule has 1 fully saturated rings. The van der Waals surface area contributed by atoms with Crippen LogP contribution in [0, 0.1) is 6.92 Å². The minimum absolute atomic E-state index is 0.269. The summed E-state index contributed by atoms with van der Waals surface area (Å²) < 4.78 is 7.17. The van der Waals surface area contributed by atoms with Crippen molar-refractivity contribution < 1.29 is 14.9 Å². The first-order chi connectivity index (χ1) is 9.52. The largest absolute Gasteiger partial charge is 0.387 e. The molecule has 20 heavy (non-hydrogen) atoms. The lowest BCUT2D eigenvalue weighted by Crippen LogP contribution is -2.32. The van der Waals surface area contributed by atoms with Gasteiger partial charge in [-0.15, -0.1) is 0 Å². The maximum absolute atomic E-state index is 10.1. The van der Waals surface area contributed by atoms with Crippen molar-refractivity contribution in [2.45, 2.75) is 31.5 Å². The van der Waals surface area contributed by atoms with Crippen molar-refractivity contribution in [2.75, 3.05) is 11.5 Å². The lowest BCUT2D eigenvalue weighted by molar-refractivity contribution is -0.0288. The van der Waals surface area contributed by atoms with Gasteiger partial charge < -0.3 is 20.7 Å². The summed E-state index contributed by atoms with van der Waals surface area (Å²) >= 11 is 4.09. The normalized spacial score (nSPS) is 30.2. The minimum Gasteiger partial charge on any atom is -0.387 e. The summed E-state index contributed by atoms with van der Waals surface area (Å²) in [7, 11) is 0. The number of aryl methyl sites for hydroxylation is 1. The Balaban J connectivity index is 2.07. The number of hydrogen-bond acceptors (Lipinski definition) is 8. The molecule has 0 aliphatic carbocycles. The lowest BCUT2D eigenvalue weighted by atomic mass is 10.1. The van der Waals surface area contributed by atoms with E-state index >= 15 is 0 Å². The number of ether oxygens (including phenoxy) is 1. The molecule has 0 bridgehead atoms. The van der Waals surface area contributed by atoms with E-state index in [2.05, 4.69) is 27.6 Å². The predicted octanol–water partition coefficient (Wildman–Crippen LogP) is -0.734. The van der Waals surface area contributed by atoms with Gasteiger partial charge in [0.2, 0.25) is 0 Å². The van der Waals surface area contributed by atoms with Crippen molar-refractivity contribution >= 4 is 29.6 Å². The van der Waals surface area contributed by atoms with Gasteiger partial charge in [-0.05, 0) is 6.92 Å². The van der Waals surface area contributed by atoms with Gasteiger partial charge in [-0.2, -0.15) is 12.6 Å². The molecule has 0 amide bonds. The Morgan fingerprint density at radius 3 is 2.80 bits per heavy atom. The summed E-state index contributed by atoms with van der Waals surface area (Å²) in [6.07, 6.45) is -1.94. The molecular weight excluding hydrogens is 282 g/mol. The number of fused-ring (bicyclic) bond motifs is 1. The van der Waals surface area contributed by atoms with Crippen molar-refractivity contribution in [3.8, 4) is 0 Å². The van der Waals surface area contributed by atoms with Crippen LogP contribution in [0.5, 0.6) is 0 Å². The highest BCUT2D eigenvalue weighted by Gasteiger charge is 2.43. The van der Waals surface area contributed by atoms with Crippen molar-refractivity contribution in [1.29, 1.82) is 0 Å². The fourth-order valence-corrected chi connectivity index (χ4v) is 2.65. The average molecular weight is 297 g/mol. The first-order valence-corrected chi connectivity index (χ1v) is 6.75. The molecule has 9 heteroatoms. The SMILES string of the molecule is Cc1nc(N)c2ncn([C@@H]3O[C@H](CS)[C@@H](O)[C@H]3O)c2n1. The van der Waals surface area contributed by atoms with Gasteiger partial charge in [-0.25, -0.2) is 15.0 Å². The van der Waals surface area contributed by atoms with Crippen LogP contribution in [0.2, 0.25) is 0 Å². The fourth-order valence-electron chi connectivity index (χ4n) is 2.35. The Morgan fingerprint density at radius 2 is 2.15 bits per heavy atom. The molecule has 4 atom stereocenters. The second kappa shape index (κ2) is 4.85. The van der Waals surface area contributed by atoms with E-state index in [1.165, 1.54) is 6.33 Å². The summed E-state index contributed by atoms with van der Waals surface area (Å²) in [6.45, 7) is 1.71. The van der Waals surface area contributed by atoms with Gasteiger partial charge in [0, 0.05) is 5.75 Å². The van der Waals surface area contributed by atoms with E-state index in [0.717, 1.165) is 0 Å². The van der Waals surface area contributed by atoms with Crippen molar-refractivity contribution in [2.24, 2.45) is 0 Å². The number of thiol groups is 1. The maximum atomic E-state index is 10.1. The van der Waals surface area contributed by atoms with Crippen LogP contribution < -0.4 is 5.73 Å². The van der Waals surface area contributed by atoms with Gasteiger partial charge >= 0.3 is 0 Å². The van der Waals surface area contributed by atoms with Crippen LogP contribution in [-0.4, -0.2) is 53.8 Å². The summed E-state index contributed by atoms with van der Waals surface area (Å²) in [5.74, 6) is 1.07. The van der Waals surface area contributed by atoms with E-state index in [1.54, 1.807) is 11.5 Å². The zero-order chi connectivity index (χ0) is 14.4. The Labute approximate surface area is 120 Å². The third kappa shape index (κ3) is 1.94. The van der Waals surface area contributed by atoms with E-state index in [0.29, 0.717) is 22.7 Å². The minimum atomic E-state index is -1.08. The number of aliphatic hydroxyl groups is 2. The molecular formula is C11H15N5O3S. The van der Waals surface area contributed by atoms with Gasteiger partial charge in [-0.1, -0.05) is 0 Å². The topological polar surface area (TPSA) is 119 Å². The van der Waals surface area contributed by atoms with Crippen LogP contribution in [0.3, 0.4) is 0 Å². The number of rotatable bonds is 2. The first kappa shape index (κ1) is 13.6. The molecule has 0 unspecified atom stereocenters. The Hall–Kier alpha value is -1.42. The smallest absolute Gasteiger partial charge is 0.167 e. The van der Waals surface area contributed by atoms with Gasteiger partial charge in [-0.3, -0.25) is 4.57 Å². The zero-order valence-electron chi connectivity index (χ0n) is 10.7. The van der Waals surface area contributed by atoms with Crippen LogP contribution in [0.1, 0.15) is 12.1 Å². The summed E-state index contributed by atoms with van der Waals surface area (Å²) in [4.78, 5) is 12.4. The molecule has 3 heterocycles. The average Bonchev–Trinajstić information content (AvgIpc) is 2.93. The third-order valence-electron chi connectivity index (χ3n) is 3.35. The highest BCUT2D eigenvalue weighted by molar-refractivity contribution is 7.80. The van der Waals surface area contributed by atoms with Crippen molar-refractivity contribution in [1.82, 2.24) is 19.5 Å². The van der Waals surface area contributed by atoms with Crippen LogP contribution in [-0.2, 0) is 4.74 Å². The molecule has 3 rings (SSSR count). The molecule has 2 aromatic rings. The van der Waals surface area contributed by atoms with E-state index in [-0.39, 0.29) is 5.82 Å². The van der Waals surface area contributed by atoms with Gasteiger partial charge in [0.25, 0.3) is 0 Å². The Bertz CT molecular complexity index is 648. The van der Waals surface area contributed by atoms with Gasteiger partial charge in [0.1, 0.15) is 23.5 Å². The third-order valence-corrected chi connectivity index (χ3v) is 3.71. The number of nitrogens with two attached hydrogens (primary N) is 1. The fraction of sp³-hybridized carbons (Fsp3) is 0.545. The molecule has 0 saturated carbocycles. The highest BCUT2D eigenvalue weighted by Crippen LogP contribution is 2.32. The molecule has 4 N–H and O–H groups in total. The van der Waals surface area contributed by atoms with Crippen LogP contribution in [0.4, 0.5) is 5.82 Å². The molecule has 0 radical (unpaired) electrons. The molecule has 1 aliphatic rings. The first-order valence-electron chi connectivity index (χ1n) is 6.12. The van der Waals surface area contributed by atoms with E-state index < -0.39 is 24.5 Å². The maximum Gasteiger partial charge on any atom is 0.167 e. The second-order valence-corrected chi connectivity index (χ2v) is 5.07. The van der Waals surface area contributed by atoms with Crippen LogP contribution in [0.25, 0.3) is 11.2 Å². The van der Waals surface area contributed by atoms with Gasteiger partial charge in [0.15, 0.2) is 17.7 Å². The number of nitrogens with zero attached hydrogens (tertiary/aromatic N) is 4. The number of aromatic nitrogens is 4. The zero-order valence-corrected chi connectivity index (χ0v) is 11.6. The molecule has 1 saturated heterocycles.